The van der Waals surface area contributed by atoms with Crippen molar-refractivity contribution in [2.24, 2.45) is 5.92 Å². The van der Waals surface area contributed by atoms with Gasteiger partial charge in [0.05, 0.1) is 0 Å². The average molecular weight is 276 g/mol. The molecule has 2 unspecified atom stereocenters. The molecule has 2 atom stereocenters. The van der Waals surface area contributed by atoms with Crippen LogP contribution in [0.4, 0.5) is 0 Å². The van der Waals surface area contributed by atoms with Crippen LogP contribution in [0.1, 0.15) is 24.3 Å². The van der Waals surface area contributed by atoms with E-state index in [-0.39, 0.29) is 0 Å². The van der Waals surface area contributed by atoms with Crippen LogP contribution in [-0.4, -0.2) is 43.9 Å². The Morgan fingerprint density at radius 3 is 3.11 bits per heavy atom. The van der Waals surface area contributed by atoms with Gasteiger partial charge in [0.2, 0.25) is 0 Å². The van der Waals surface area contributed by atoms with Gasteiger partial charge in [-0.15, -0.1) is 11.8 Å². The maximum atomic E-state index is 3.72. The lowest BCUT2D eigenvalue weighted by molar-refractivity contribution is 0.206. The van der Waals surface area contributed by atoms with E-state index in [0.717, 1.165) is 12.5 Å². The van der Waals surface area contributed by atoms with E-state index in [1.165, 1.54) is 43.1 Å². The van der Waals surface area contributed by atoms with Crippen LogP contribution in [0.3, 0.4) is 0 Å². The molecule has 2 aliphatic rings. The highest BCUT2D eigenvalue weighted by Crippen LogP contribution is 2.38. The van der Waals surface area contributed by atoms with Crippen LogP contribution in [0.25, 0.3) is 0 Å². The molecule has 0 saturated carbocycles. The number of hydrogen-bond donors (Lipinski definition) is 1. The quantitative estimate of drug-likeness (QED) is 0.910. The number of hydrogen-bond acceptors (Lipinski definition) is 3. The molecule has 1 N–H and O–H groups in total. The van der Waals surface area contributed by atoms with Crippen LogP contribution in [0.15, 0.2) is 29.2 Å². The Labute approximate surface area is 121 Å². The summed E-state index contributed by atoms with van der Waals surface area (Å²) in [6.07, 6.45) is 2.76. The van der Waals surface area contributed by atoms with E-state index in [1.54, 1.807) is 5.56 Å². The molecule has 3 rings (SSSR count). The molecule has 0 aliphatic carbocycles. The lowest BCUT2D eigenvalue weighted by Crippen LogP contribution is -2.38. The van der Waals surface area contributed by atoms with Gasteiger partial charge in [0, 0.05) is 29.7 Å². The predicted octanol–water partition coefficient (Wildman–Crippen LogP) is 2.81. The van der Waals surface area contributed by atoms with Gasteiger partial charge >= 0.3 is 0 Å². The molecule has 2 nitrogen and oxygen atoms in total. The molecular formula is C16H24N2S. The highest BCUT2D eigenvalue weighted by Gasteiger charge is 2.23. The summed E-state index contributed by atoms with van der Waals surface area (Å²) in [4.78, 5) is 3.96. The number of rotatable bonds is 4. The average Bonchev–Trinajstić information content (AvgIpc) is 2.83. The largest absolute Gasteiger partial charge is 0.316 e. The topological polar surface area (TPSA) is 15.3 Å². The van der Waals surface area contributed by atoms with Crippen molar-refractivity contribution < 1.29 is 0 Å². The minimum atomic E-state index is 0.711. The molecule has 1 aromatic rings. The normalized spacial score (nSPS) is 27.4. The third-order valence-electron chi connectivity index (χ3n) is 4.34. The highest BCUT2D eigenvalue weighted by atomic mass is 32.2. The molecule has 2 aliphatic heterocycles. The van der Waals surface area contributed by atoms with Crippen molar-refractivity contribution in [3.8, 4) is 0 Å². The van der Waals surface area contributed by atoms with E-state index in [4.69, 9.17) is 0 Å². The van der Waals surface area contributed by atoms with Crippen molar-refractivity contribution in [1.82, 2.24) is 10.2 Å². The van der Waals surface area contributed by atoms with Crippen molar-refractivity contribution in [2.45, 2.75) is 23.7 Å². The van der Waals surface area contributed by atoms with Crippen LogP contribution < -0.4 is 5.32 Å². The second-order valence-electron chi connectivity index (χ2n) is 5.97. The number of nitrogens with one attached hydrogen (secondary N) is 1. The van der Waals surface area contributed by atoms with Crippen LogP contribution in [-0.2, 0) is 0 Å². The maximum Gasteiger partial charge on any atom is 0.0108 e. The lowest BCUT2D eigenvalue weighted by Gasteiger charge is -2.30. The summed E-state index contributed by atoms with van der Waals surface area (Å²) in [7, 11) is 2.25. The number of piperidine rings is 1. The molecule has 2 heterocycles. The molecule has 1 saturated heterocycles. The zero-order valence-corrected chi connectivity index (χ0v) is 12.6. The molecule has 104 valence electrons. The monoisotopic (exact) mass is 276 g/mol. The van der Waals surface area contributed by atoms with Crippen LogP contribution in [0, 0.1) is 5.92 Å². The van der Waals surface area contributed by atoms with E-state index < -0.39 is 0 Å². The fourth-order valence-electron chi connectivity index (χ4n) is 3.30. The minimum Gasteiger partial charge on any atom is -0.316 e. The highest BCUT2D eigenvalue weighted by molar-refractivity contribution is 7.99. The van der Waals surface area contributed by atoms with Gasteiger partial charge in [-0.25, -0.2) is 0 Å². The predicted molar refractivity (Wildman–Crippen MR) is 83.0 cm³/mol. The van der Waals surface area contributed by atoms with Gasteiger partial charge in [0.25, 0.3) is 0 Å². The zero-order valence-electron chi connectivity index (χ0n) is 11.8. The Hall–Kier alpha value is -0.510. The van der Waals surface area contributed by atoms with Crippen molar-refractivity contribution in [1.29, 1.82) is 0 Å². The first kappa shape index (κ1) is 13.5. The summed E-state index contributed by atoms with van der Waals surface area (Å²) in [6, 6.07) is 8.89. The molecule has 3 heteroatoms. The van der Waals surface area contributed by atoms with E-state index in [9.17, 15) is 0 Å². The number of nitrogens with zero attached hydrogens (tertiary/aromatic N) is 1. The number of benzene rings is 1. The Morgan fingerprint density at radius 1 is 1.32 bits per heavy atom. The maximum absolute atomic E-state index is 3.72. The summed E-state index contributed by atoms with van der Waals surface area (Å²) >= 11 is 2.01. The Bertz CT molecular complexity index is 421. The third kappa shape index (κ3) is 3.33. The molecule has 1 aromatic carbocycles. The Kier molecular flexibility index (Phi) is 4.46. The lowest BCUT2D eigenvalue weighted by atomic mass is 9.97. The SMILES string of the molecule is CN1CCCC(CNCC2CSc3ccccc32)C1. The summed E-state index contributed by atoms with van der Waals surface area (Å²) in [5.74, 6) is 2.81. The summed E-state index contributed by atoms with van der Waals surface area (Å²) in [5.41, 5.74) is 1.56. The molecule has 0 amide bonds. The molecule has 0 bridgehead atoms. The van der Waals surface area contributed by atoms with Gasteiger partial charge in [-0.1, -0.05) is 18.2 Å². The number of likely N-dealkylation sites (tertiary alicyclic amines) is 1. The van der Waals surface area contributed by atoms with Gasteiger partial charge < -0.3 is 10.2 Å². The van der Waals surface area contributed by atoms with Crippen LogP contribution >= 0.6 is 11.8 Å². The second-order valence-corrected chi connectivity index (χ2v) is 7.04. The number of thioether (sulfide) groups is 1. The van der Waals surface area contributed by atoms with Gasteiger partial charge in [-0.05, 0) is 50.5 Å². The van der Waals surface area contributed by atoms with Gasteiger partial charge in [-0.2, -0.15) is 0 Å². The standard InChI is InChI=1S/C16H24N2S/c1-18-8-4-5-13(11-18)9-17-10-14-12-19-16-7-3-2-6-15(14)16/h2-3,6-7,13-14,17H,4-5,8-12H2,1H3. The zero-order chi connectivity index (χ0) is 13.1. The van der Waals surface area contributed by atoms with E-state index in [2.05, 4.69) is 41.5 Å². The first-order valence-electron chi connectivity index (χ1n) is 7.44. The van der Waals surface area contributed by atoms with E-state index >= 15 is 0 Å². The van der Waals surface area contributed by atoms with Crippen molar-refractivity contribution >= 4 is 11.8 Å². The fraction of sp³-hybridized carbons (Fsp3) is 0.625. The van der Waals surface area contributed by atoms with Crippen molar-refractivity contribution in [3.63, 3.8) is 0 Å². The molecule has 0 aromatic heterocycles. The number of fused-ring (bicyclic) bond motifs is 1. The van der Waals surface area contributed by atoms with Crippen LogP contribution in [0.5, 0.6) is 0 Å². The molecule has 1 fully saturated rings. The molecule has 0 radical (unpaired) electrons. The summed E-state index contributed by atoms with van der Waals surface area (Å²) in [5, 5.41) is 3.72. The Morgan fingerprint density at radius 2 is 2.21 bits per heavy atom. The summed E-state index contributed by atoms with van der Waals surface area (Å²) < 4.78 is 0. The second kappa shape index (κ2) is 6.29. The molecular weight excluding hydrogens is 252 g/mol. The molecule has 0 spiro atoms. The first-order chi connectivity index (χ1) is 9.33. The van der Waals surface area contributed by atoms with Gasteiger partial charge in [0.1, 0.15) is 0 Å². The third-order valence-corrected chi connectivity index (χ3v) is 5.60. The summed E-state index contributed by atoms with van der Waals surface area (Å²) in [6.45, 7) is 4.88. The molecule has 19 heavy (non-hydrogen) atoms. The minimum absolute atomic E-state index is 0.711. The first-order valence-corrected chi connectivity index (χ1v) is 8.42. The van der Waals surface area contributed by atoms with Gasteiger partial charge in [0.15, 0.2) is 0 Å². The van der Waals surface area contributed by atoms with E-state index in [1.807, 2.05) is 11.8 Å². The van der Waals surface area contributed by atoms with E-state index in [0.29, 0.717) is 5.92 Å². The van der Waals surface area contributed by atoms with Crippen molar-refractivity contribution in [3.05, 3.63) is 29.8 Å². The van der Waals surface area contributed by atoms with Gasteiger partial charge in [-0.3, -0.25) is 0 Å². The fourth-order valence-corrected chi connectivity index (χ4v) is 4.55. The van der Waals surface area contributed by atoms with Crippen molar-refractivity contribution in [2.75, 3.05) is 39.0 Å². The smallest absolute Gasteiger partial charge is 0.0108 e. The van der Waals surface area contributed by atoms with Crippen LogP contribution in [0.2, 0.25) is 0 Å². The Balaban J connectivity index is 1.46.